The zero-order chi connectivity index (χ0) is 21.4. The third-order valence-corrected chi connectivity index (χ3v) is 6.89. The van der Waals surface area contributed by atoms with Crippen LogP contribution in [0.15, 0.2) is 87.5 Å². The lowest BCUT2D eigenvalue weighted by molar-refractivity contribution is 0.484. The van der Waals surface area contributed by atoms with Gasteiger partial charge in [-0.15, -0.1) is 0 Å². The molecular formula is C19H14ClN3O5S2. The fraction of sp³-hybridized carbons (Fsp3) is 0. The second kappa shape index (κ2) is 7.63. The molecule has 2 heterocycles. The average Bonchev–Trinajstić information content (AvgIpc) is 3.16. The van der Waals surface area contributed by atoms with E-state index in [4.69, 9.17) is 16.0 Å². The first-order valence-electron chi connectivity index (χ1n) is 8.48. The van der Waals surface area contributed by atoms with Crippen molar-refractivity contribution in [3.8, 4) is 0 Å². The number of para-hydroxylation sites is 1. The van der Waals surface area contributed by atoms with E-state index in [1.54, 1.807) is 24.3 Å². The number of pyridine rings is 1. The van der Waals surface area contributed by atoms with E-state index in [0.29, 0.717) is 11.0 Å². The Hall–Kier alpha value is -3.08. The smallest absolute Gasteiger partial charge is 0.295 e. The van der Waals surface area contributed by atoms with Crippen LogP contribution in [0, 0.1) is 0 Å². The summed E-state index contributed by atoms with van der Waals surface area (Å²) in [6, 6.07) is 15.1. The summed E-state index contributed by atoms with van der Waals surface area (Å²) in [7, 11) is -8.16. The number of nitrogens with one attached hydrogen (secondary N) is 2. The van der Waals surface area contributed by atoms with Crippen LogP contribution < -0.4 is 9.44 Å². The van der Waals surface area contributed by atoms with Gasteiger partial charge in [-0.2, -0.15) is 8.42 Å². The highest BCUT2D eigenvalue weighted by Crippen LogP contribution is 2.31. The molecule has 11 heteroatoms. The Morgan fingerprint density at radius 1 is 0.833 bits per heavy atom. The minimum absolute atomic E-state index is 0.0112. The molecule has 0 atom stereocenters. The highest BCUT2D eigenvalue weighted by molar-refractivity contribution is 7.93. The molecule has 4 rings (SSSR count). The lowest BCUT2D eigenvalue weighted by Crippen LogP contribution is -2.17. The monoisotopic (exact) mass is 463 g/mol. The molecular weight excluding hydrogens is 450 g/mol. The van der Waals surface area contributed by atoms with Gasteiger partial charge in [0.2, 0.25) is 5.09 Å². The van der Waals surface area contributed by atoms with Crippen LogP contribution >= 0.6 is 11.6 Å². The molecule has 0 aliphatic heterocycles. The molecule has 0 saturated carbocycles. The predicted octanol–water partition coefficient (Wildman–Crippen LogP) is 4.08. The maximum atomic E-state index is 12.8. The van der Waals surface area contributed by atoms with Gasteiger partial charge in [0.1, 0.15) is 10.5 Å². The van der Waals surface area contributed by atoms with Gasteiger partial charge >= 0.3 is 0 Å². The molecule has 0 unspecified atom stereocenters. The second-order valence-electron chi connectivity index (χ2n) is 6.19. The molecule has 2 aromatic carbocycles. The van der Waals surface area contributed by atoms with Gasteiger partial charge in [-0.25, -0.2) is 8.42 Å². The molecule has 0 aliphatic rings. The molecule has 0 amide bonds. The van der Waals surface area contributed by atoms with Crippen molar-refractivity contribution in [2.75, 3.05) is 9.44 Å². The van der Waals surface area contributed by atoms with Crippen molar-refractivity contribution >= 4 is 54.0 Å². The number of rotatable bonds is 6. The molecule has 4 aromatic rings. The summed E-state index contributed by atoms with van der Waals surface area (Å²) in [4.78, 5) is 3.71. The van der Waals surface area contributed by atoms with E-state index in [9.17, 15) is 16.8 Å². The molecule has 0 radical (unpaired) electrons. The van der Waals surface area contributed by atoms with Gasteiger partial charge in [-0.05, 0) is 36.4 Å². The van der Waals surface area contributed by atoms with Crippen molar-refractivity contribution in [3.05, 3.63) is 78.1 Å². The minimum Gasteiger partial charge on any atom is -0.443 e. The van der Waals surface area contributed by atoms with Gasteiger partial charge in [0, 0.05) is 28.9 Å². The Balaban J connectivity index is 1.70. The van der Waals surface area contributed by atoms with Crippen LogP contribution in [0.1, 0.15) is 0 Å². The predicted molar refractivity (Wildman–Crippen MR) is 114 cm³/mol. The number of hydrogen-bond donors (Lipinski definition) is 2. The van der Waals surface area contributed by atoms with Gasteiger partial charge < -0.3 is 4.42 Å². The number of benzene rings is 2. The molecule has 8 nitrogen and oxygen atoms in total. The molecule has 0 spiro atoms. The van der Waals surface area contributed by atoms with Gasteiger partial charge in [-0.3, -0.25) is 14.4 Å². The molecule has 0 saturated heterocycles. The maximum Gasteiger partial charge on any atom is 0.295 e. The first-order chi connectivity index (χ1) is 14.2. The average molecular weight is 464 g/mol. The molecule has 2 N–H and O–H groups in total. The fourth-order valence-corrected chi connectivity index (χ4v) is 4.94. The highest BCUT2D eigenvalue weighted by atomic mass is 35.5. The summed E-state index contributed by atoms with van der Waals surface area (Å²) in [6.45, 7) is 0. The van der Waals surface area contributed by atoms with E-state index in [0.717, 1.165) is 0 Å². The fourth-order valence-electron chi connectivity index (χ4n) is 2.68. The van der Waals surface area contributed by atoms with Crippen molar-refractivity contribution in [1.29, 1.82) is 0 Å². The van der Waals surface area contributed by atoms with Crippen molar-refractivity contribution in [2.24, 2.45) is 0 Å². The van der Waals surface area contributed by atoms with E-state index in [-0.39, 0.29) is 26.4 Å². The van der Waals surface area contributed by atoms with Crippen molar-refractivity contribution in [1.82, 2.24) is 4.98 Å². The van der Waals surface area contributed by atoms with Crippen molar-refractivity contribution in [2.45, 2.75) is 9.99 Å². The van der Waals surface area contributed by atoms with Gasteiger partial charge in [-0.1, -0.05) is 29.8 Å². The Morgan fingerprint density at radius 3 is 2.33 bits per heavy atom. The normalized spacial score (nSPS) is 12.0. The number of hydrogen-bond acceptors (Lipinski definition) is 6. The summed E-state index contributed by atoms with van der Waals surface area (Å²) in [5.74, 6) is 0. The van der Waals surface area contributed by atoms with Crippen molar-refractivity contribution in [3.63, 3.8) is 0 Å². The molecule has 30 heavy (non-hydrogen) atoms. The van der Waals surface area contributed by atoms with Crippen LogP contribution in [0.4, 0.5) is 11.4 Å². The first kappa shape index (κ1) is 20.2. The van der Waals surface area contributed by atoms with E-state index < -0.39 is 20.0 Å². The standard InChI is InChI=1S/C19H14ClN3O5S2/c20-14-7-8-16(22-29(24,25)15-5-3-9-21-12-15)17(11-14)23-30(26,27)19-10-13-4-1-2-6-18(13)28-19/h1-12,22-23H. The summed E-state index contributed by atoms with van der Waals surface area (Å²) in [5.41, 5.74) is 0.333. The summed E-state index contributed by atoms with van der Waals surface area (Å²) in [5, 5.41) is 0.507. The van der Waals surface area contributed by atoms with E-state index in [2.05, 4.69) is 14.4 Å². The van der Waals surface area contributed by atoms with E-state index >= 15 is 0 Å². The Labute approximate surface area is 177 Å². The molecule has 154 valence electrons. The zero-order valence-electron chi connectivity index (χ0n) is 15.1. The summed E-state index contributed by atoms with van der Waals surface area (Å²) in [6.07, 6.45) is 2.62. The maximum absolute atomic E-state index is 12.8. The molecule has 0 bridgehead atoms. The van der Waals surface area contributed by atoms with Gasteiger partial charge in [0.15, 0.2) is 0 Å². The lowest BCUT2D eigenvalue weighted by Gasteiger charge is -2.14. The minimum atomic E-state index is -4.16. The number of fused-ring (bicyclic) bond motifs is 1. The van der Waals surface area contributed by atoms with Gasteiger partial charge in [0.05, 0.1) is 11.4 Å². The summed E-state index contributed by atoms with van der Waals surface area (Å²) < 4.78 is 61.0. The quantitative estimate of drug-likeness (QED) is 0.444. The van der Waals surface area contributed by atoms with Crippen molar-refractivity contribution < 1.29 is 21.3 Å². The highest BCUT2D eigenvalue weighted by Gasteiger charge is 2.23. The lowest BCUT2D eigenvalue weighted by atomic mass is 10.3. The van der Waals surface area contributed by atoms with E-state index in [1.807, 2.05) is 0 Å². The number of halogens is 1. The first-order valence-corrected chi connectivity index (χ1v) is 11.8. The van der Waals surface area contributed by atoms with Crippen LogP contribution in [0.3, 0.4) is 0 Å². The number of furan rings is 1. The van der Waals surface area contributed by atoms with Crippen LogP contribution in [0.25, 0.3) is 11.0 Å². The van der Waals surface area contributed by atoms with E-state index in [1.165, 1.54) is 48.8 Å². The topological polar surface area (TPSA) is 118 Å². The third-order valence-electron chi connectivity index (χ3n) is 4.08. The third kappa shape index (κ3) is 4.11. The van der Waals surface area contributed by atoms with Gasteiger partial charge in [0.25, 0.3) is 20.0 Å². The SMILES string of the molecule is O=S(=O)(Nc1ccc(Cl)cc1NS(=O)(=O)c1cc2ccccc2o1)c1cccnc1. The molecule has 2 aromatic heterocycles. The van der Waals surface area contributed by atoms with Crippen LogP contribution in [-0.4, -0.2) is 21.8 Å². The largest absolute Gasteiger partial charge is 0.443 e. The van der Waals surface area contributed by atoms with Crippen LogP contribution in [-0.2, 0) is 20.0 Å². The molecule has 0 aliphatic carbocycles. The number of sulfonamides is 2. The number of anilines is 2. The summed E-state index contributed by atoms with van der Waals surface area (Å²) >= 11 is 6.00. The number of aromatic nitrogens is 1. The zero-order valence-corrected chi connectivity index (χ0v) is 17.5. The second-order valence-corrected chi connectivity index (χ2v) is 9.93. The van der Waals surface area contributed by atoms with Crippen LogP contribution in [0.5, 0.6) is 0 Å². The Kier molecular flexibility index (Phi) is 5.14. The Bertz CT molecular complexity index is 1400. The Morgan fingerprint density at radius 2 is 1.60 bits per heavy atom. The molecule has 0 fully saturated rings. The van der Waals surface area contributed by atoms with Crippen LogP contribution in [0.2, 0.25) is 5.02 Å². The number of nitrogens with zero attached hydrogens (tertiary/aromatic N) is 1.